The molecule has 0 aromatic carbocycles. The van der Waals surface area contributed by atoms with Crippen molar-refractivity contribution in [3.05, 3.63) is 0 Å². The monoisotopic (exact) mass is 196 g/mol. The minimum atomic E-state index is 0.435. The highest BCUT2D eigenvalue weighted by Crippen LogP contribution is 2.25. The lowest BCUT2D eigenvalue weighted by molar-refractivity contribution is 0.0870. The number of aliphatic imine (C=N–C) groups is 1. The molecule has 0 aromatic heterocycles. The summed E-state index contributed by atoms with van der Waals surface area (Å²) in [5.41, 5.74) is 6.02. The average Bonchev–Trinajstić information content (AvgIpc) is 2.72. The van der Waals surface area contributed by atoms with Gasteiger partial charge in [0.2, 0.25) is 0 Å². The second-order valence-corrected chi connectivity index (χ2v) is 4.38. The Morgan fingerprint density at radius 2 is 1.71 bits per heavy atom. The predicted molar refractivity (Wildman–Crippen MR) is 57.4 cm³/mol. The van der Waals surface area contributed by atoms with Crippen molar-refractivity contribution in [2.75, 3.05) is 13.2 Å². The summed E-state index contributed by atoms with van der Waals surface area (Å²) in [5, 5.41) is 0. The van der Waals surface area contributed by atoms with E-state index < -0.39 is 0 Å². The summed E-state index contributed by atoms with van der Waals surface area (Å²) in [7, 11) is 0. The molecule has 1 saturated heterocycles. The Hall–Kier alpha value is -0.570. The van der Waals surface area contributed by atoms with Crippen LogP contribution in [0.25, 0.3) is 0 Å². The molecule has 3 heteroatoms. The minimum absolute atomic E-state index is 0.435. The minimum Gasteiger partial charge on any atom is -0.387 e. The Morgan fingerprint density at radius 1 is 1.07 bits per heavy atom. The van der Waals surface area contributed by atoms with Gasteiger partial charge in [-0.15, -0.1) is 0 Å². The molecule has 80 valence electrons. The van der Waals surface area contributed by atoms with Crippen molar-refractivity contribution in [1.29, 1.82) is 0 Å². The van der Waals surface area contributed by atoms with Gasteiger partial charge in [0, 0.05) is 19.1 Å². The lowest BCUT2D eigenvalue weighted by Crippen LogP contribution is -2.27. The zero-order chi connectivity index (χ0) is 9.80. The quantitative estimate of drug-likeness (QED) is 0.540. The fraction of sp³-hybridized carbons (Fsp3) is 0.909. The van der Waals surface area contributed by atoms with E-state index in [1.165, 1.54) is 25.7 Å². The molecule has 0 spiro atoms. The highest BCUT2D eigenvalue weighted by molar-refractivity contribution is 5.83. The third-order valence-electron chi connectivity index (χ3n) is 3.30. The molecule has 0 unspecified atom stereocenters. The van der Waals surface area contributed by atoms with Gasteiger partial charge >= 0.3 is 0 Å². The first-order chi connectivity index (χ1) is 6.86. The second kappa shape index (κ2) is 4.78. The lowest BCUT2D eigenvalue weighted by atomic mass is 10.1. The summed E-state index contributed by atoms with van der Waals surface area (Å²) in [6, 6.07) is 0.435. The van der Waals surface area contributed by atoms with E-state index in [1.807, 2.05) is 0 Å². The molecule has 0 atom stereocenters. The van der Waals surface area contributed by atoms with Crippen LogP contribution >= 0.6 is 0 Å². The SMILES string of the molecule is NC(=NC1CCOCC1)C1CCCC1. The van der Waals surface area contributed by atoms with E-state index in [-0.39, 0.29) is 0 Å². The van der Waals surface area contributed by atoms with Gasteiger partial charge in [-0.25, -0.2) is 0 Å². The van der Waals surface area contributed by atoms with Crippen LogP contribution in [0.2, 0.25) is 0 Å². The third-order valence-corrected chi connectivity index (χ3v) is 3.30. The number of hydrogen-bond donors (Lipinski definition) is 1. The highest BCUT2D eigenvalue weighted by Gasteiger charge is 2.20. The van der Waals surface area contributed by atoms with E-state index in [4.69, 9.17) is 10.5 Å². The van der Waals surface area contributed by atoms with Crippen molar-refractivity contribution in [2.45, 2.75) is 44.6 Å². The van der Waals surface area contributed by atoms with Crippen molar-refractivity contribution < 1.29 is 4.74 Å². The van der Waals surface area contributed by atoms with Crippen LogP contribution in [0, 0.1) is 5.92 Å². The Kier molecular flexibility index (Phi) is 3.40. The number of nitrogens with two attached hydrogens (primary N) is 1. The van der Waals surface area contributed by atoms with E-state index in [1.54, 1.807) is 0 Å². The van der Waals surface area contributed by atoms with Gasteiger partial charge in [0.05, 0.1) is 11.9 Å². The Bertz CT molecular complexity index is 203. The second-order valence-electron chi connectivity index (χ2n) is 4.38. The molecule has 2 rings (SSSR count). The molecule has 1 aliphatic heterocycles. The van der Waals surface area contributed by atoms with Gasteiger partial charge in [-0.1, -0.05) is 12.8 Å². The summed E-state index contributed by atoms with van der Waals surface area (Å²) >= 11 is 0. The standard InChI is InChI=1S/C11H20N2O/c12-11(9-3-1-2-4-9)13-10-5-7-14-8-6-10/h9-10H,1-8H2,(H2,12,13). The molecule has 1 aliphatic carbocycles. The van der Waals surface area contributed by atoms with Gasteiger partial charge in [-0.3, -0.25) is 4.99 Å². The van der Waals surface area contributed by atoms with Gasteiger partial charge in [-0.2, -0.15) is 0 Å². The number of nitrogens with zero attached hydrogens (tertiary/aromatic N) is 1. The van der Waals surface area contributed by atoms with Crippen molar-refractivity contribution in [3.63, 3.8) is 0 Å². The lowest BCUT2D eigenvalue weighted by Gasteiger charge is -2.20. The van der Waals surface area contributed by atoms with Crippen LogP contribution in [-0.2, 0) is 4.74 Å². The largest absolute Gasteiger partial charge is 0.387 e. The maximum atomic E-state index is 6.02. The van der Waals surface area contributed by atoms with Gasteiger partial charge < -0.3 is 10.5 Å². The van der Waals surface area contributed by atoms with Gasteiger partial charge in [0.15, 0.2) is 0 Å². The molecule has 0 aromatic rings. The van der Waals surface area contributed by atoms with E-state index in [0.29, 0.717) is 12.0 Å². The molecule has 0 radical (unpaired) electrons. The number of hydrogen-bond acceptors (Lipinski definition) is 2. The first-order valence-electron chi connectivity index (χ1n) is 5.77. The zero-order valence-electron chi connectivity index (χ0n) is 8.74. The molecule has 2 N–H and O–H groups in total. The molecule has 14 heavy (non-hydrogen) atoms. The van der Waals surface area contributed by atoms with Crippen LogP contribution in [0.4, 0.5) is 0 Å². The Morgan fingerprint density at radius 3 is 2.36 bits per heavy atom. The molecule has 2 fully saturated rings. The molecule has 2 aliphatic rings. The van der Waals surface area contributed by atoms with Gasteiger partial charge in [0.25, 0.3) is 0 Å². The third kappa shape index (κ3) is 2.47. The summed E-state index contributed by atoms with van der Waals surface area (Å²) in [5.74, 6) is 1.49. The number of rotatable bonds is 2. The van der Waals surface area contributed by atoms with Gasteiger partial charge in [-0.05, 0) is 25.7 Å². The topological polar surface area (TPSA) is 47.6 Å². The van der Waals surface area contributed by atoms with Crippen LogP contribution in [0.15, 0.2) is 4.99 Å². The van der Waals surface area contributed by atoms with Gasteiger partial charge in [0.1, 0.15) is 0 Å². The molecular formula is C11H20N2O. The molecule has 0 bridgehead atoms. The summed E-state index contributed by atoms with van der Waals surface area (Å²) in [6.07, 6.45) is 7.25. The zero-order valence-corrected chi connectivity index (χ0v) is 8.74. The summed E-state index contributed by atoms with van der Waals surface area (Å²) < 4.78 is 5.30. The molecule has 1 saturated carbocycles. The van der Waals surface area contributed by atoms with Crippen LogP contribution in [0.5, 0.6) is 0 Å². The average molecular weight is 196 g/mol. The van der Waals surface area contributed by atoms with E-state index >= 15 is 0 Å². The molecule has 3 nitrogen and oxygen atoms in total. The van der Waals surface area contributed by atoms with E-state index in [0.717, 1.165) is 31.9 Å². The molecular weight excluding hydrogens is 176 g/mol. The smallest absolute Gasteiger partial charge is 0.0971 e. The fourth-order valence-electron chi connectivity index (χ4n) is 2.35. The van der Waals surface area contributed by atoms with E-state index in [9.17, 15) is 0 Å². The molecule has 1 heterocycles. The Balaban J connectivity index is 1.87. The number of amidine groups is 1. The van der Waals surface area contributed by atoms with Crippen LogP contribution < -0.4 is 5.73 Å². The van der Waals surface area contributed by atoms with Crippen LogP contribution in [0.1, 0.15) is 38.5 Å². The van der Waals surface area contributed by atoms with Crippen molar-refractivity contribution in [1.82, 2.24) is 0 Å². The first-order valence-corrected chi connectivity index (χ1v) is 5.77. The fourth-order valence-corrected chi connectivity index (χ4v) is 2.35. The van der Waals surface area contributed by atoms with Crippen LogP contribution in [0.3, 0.4) is 0 Å². The molecule has 0 amide bonds. The van der Waals surface area contributed by atoms with Crippen molar-refractivity contribution in [2.24, 2.45) is 16.6 Å². The first kappa shape index (κ1) is 9.97. The maximum Gasteiger partial charge on any atom is 0.0971 e. The predicted octanol–water partition coefficient (Wildman–Crippen LogP) is 1.71. The van der Waals surface area contributed by atoms with Crippen molar-refractivity contribution in [3.8, 4) is 0 Å². The summed E-state index contributed by atoms with van der Waals surface area (Å²) in [6.45, 7) is 1.71. The normalized spacial score (nSPS) is 27.0. The maximum absolute atomic E-state index is 6.02. The van der Waals surface area contributed by atoms with Crippen LogP contribution in [-0.4, -0.2) is 25.1 Å². The highest BCUT2D eigenvalue weighted by atomic mass is 16.5. The summed E-state index contributed by atoms with van der Waals surface area (Å²) in [4.78, 5) is 4.63. The van der Waals surface area contributed by atoms with E-state index in [2.05, 4.69) is 4.99 Å². The van der Waals surface area contributed by atoms with Crippen molar-refractivity contribution >= 4 is 5.84 Å². The Labute approximate surface area is 85.7 Å². The number of ether oxygens (including phenoxy) is 1.